The molecule has 2 rings (SSSR count). The van der Waals surface area contributed by atoms with Gasteiger partial charge < -0.3 is 10.3 Å². The Morgan fingerprint density at radius 3 is 2.58 bits per heavy atom. The Labute approximate surface area is 107 Å². The fourth-order valence-corrected chi connectivity index (χ4v) is 1.51. The second-order valence-corrected chi connectivity index (χ2v) is 4.18. The number of anilines is 1. The first-order valence-corrected chi connectivity index (χ1v) is 5.53. The Morgan fingerprint density at radius 1 is 1.32 bits per heavy atom. The first-order chi connectivity index (χ1) is 8.88. The zero-order valence-corrected chi connectivity index (χ0v) is 10.7. The van der Waals surface area contributed by atoms with Crippen molar-refractivity contribution in [1.82, 2.24) is 19.7 Å². The zero-order chi connectivity index (χ0) is 14.2. The number of H-pyrrole nitrogens is 2. The van der Waals surface area contributed by atoms with Crippen molar-refractivity contribution in [1.29, 1.82) is 0 Å². The maximum atomic E-state index is 11.8. The van der Waals surface area contributed by atoms with E-state index in [1.807, 2.05) is 6.92 Å². The molecule has 0 saturated carbocycles. The maximum absolute atomic E-state index is 11.8. The first-order valence-electron chi connectivity index (χ1n) is 5.53. The number of hydrogen-bond acceptors (Lipinski definition) is 4. The number of aryl methyl sites for hydroxylation is 3. The molecule has 2 aromatic rings. The van der Waals surface area contributed by atoms with Crippen molar-refractivity contribution in [2.24, 2.45) is 7.05 Å². The topological polar surface area (TPSA) is 113 Å². The molecule has 2 heterocycles. The molecule has 2 aromatic heterocycles. The second kappa shape index (κ2) is 4.56. The molecule has 100 valence electrons. The summed E-state index contributed by atoms with van der Waals surface area (Å²) in [6.07, 6.45) is 0. The summed E-state index contributed by atoms with van der Waals surface area (Å²) in [5.41, 5.74) is 0.770. The lowest BCUT2D eigenvalue weighted by Gasteiger charge is -2.05. The molecule has 1 amide bonds. The Bertz CT molecular complexity index is 752. The third kappa shape index (κ3) is 2.46. The fourth-order valence-electron chi connectivity index (χ4n) is 1.51. The molecule has 8 heteroatoms. The normalized spacial score (nSPS) is 10.5. The van der Waals surface area contributed by atoms with E-state index in [4.69, 9.17) is 0 Å². The minimum absolute atomic E-state index is 0.111. The van der Waals surface area contributed by atoms with E-state index >= 15 is 0 Å². The molecule has 0 fully saturated rings. The van der Waals surface area contributed by atoms with Gasteiger partial charge in [-0.1, -0.05) is 0 Å². The van der Waals surface area contributed by atoms with Crippen molar-refractivity contribution < 1.29 is 4.79 Å². The zero-order valence-electron chi connectivity index (χ0n) is 10.7. The molecule has 0 bridgehead atoms. The first kappa shape index (κ1) is 12.8. The third-order valence-electron chi connectivity index (χ3n) is 2.73. The van der Waals surface area contributed by atoms with E-state index in [2.05, 4.69) is 20.4 Å². The number of aromatic amines is 2. The largest absolute Gasteiger partial charge is 0.343 e. The monoisotopic (exact) mass is 263 g/mol. The number of carbonyl (C=O) groups excluding carboxylic acids is 1. The van der Waals surface area contributed by atoms with Crippen LogP contribution in [0.2, 0.25) is 0 Å². The van der Waals surface area contributed by atoms with Crippen molar-refractivity contribution in [2.75, 3.05) is 5.32 Å². The van der Waals surface area contributed by atoms with Gasteiger partial charge in [0.1, 0.15) is 5.69 Å². The van der Waals surface area contributed by atoms with Crippen molar-refractivity contribution in [3.63, 3.8) is 0 Å². The van der Waals surface area contributed by atoms with Crippen LogP contribution in [0.3, 0.4) is 0 Å². The van der Waals surface area contributed by atoms with E-state index < -0.39 is 17.2 Å². The van der Waals surface area contributed by atoms with E-state index in [1.165, 1.54) is 7.05 Å². The molecule has 0 spiro atoms. The van der Waals surface area contributed by atoms with Gasteiger partial charge in [0.25, 0.3) is 11.5 Å². The van der Waals surface area contributed by atoms with Crippen LogP contribution in [0.25, 0.3) is 0 Å². The van der Waals surface area contributed by atoms with Crippen LogP contribution >= 0.6 is 0 Å². The van der Waals surface area contributed by atoms with Crippen molar-refractivity contribution in [3.8, 4) is 0 Å². The summed E-state index contributed by atoms with van der Waals surface area (Å²) in [6, 6.07) is 1.56. The molecule has 0 aliphatic carbocycles. The maximum Gasteiger partial charge on any atom is 0.343 e. The van der Waals surface area contributed by atoms with Crippen LogP contribution in [0.1, 0.15) is 21.9 Å². The van der Waals surface area contributed by atoms with Gasteiger partial charge in [0.05, 0.1) is 0 Å². The van der Waals surface area contributed by atoms with Gasteiger partial charge in [0.2, 0.25) is 5.82 Å². The summed E-state index contributed by atoms with van der Waals surface area (Å²) >= 11 is 0. The summed E-state index contributed by atoms with van der Waals surface area (Å²) < 4.78 is 1.000. The molecule has 0 radical (unpaired) electrons. The second-order valence-electron chi connectivity index (χ2n) is 4.18. The van der Waals surface area contributed by atoms with Gasteiger partial charge in [-0.05, 0) is 25.5 Å². The summed E-state index contributed by atoms with van der Waals surface area (Å²) in [7, 11) is 1.42. The molecule has 19 heavy (non-hydrogen) atoms. The van der Waals surface area contributed by atoms with Crippen LogP contribution in [-0.4, -0.2) is 25.7 Å². The molecule has 8 nitrogen and oxygen atoms in total. The van der Waals surface area contributed by atoms with E-state index in [0.717, 1.165) is 15.9 Å². The summed E-state index contributed by atoms with van der Waals surface area (Å²) in [4.78, 5) is 39.5. The van der Waals surface area contributed by atoms with Gasteiger partial charge in [-0.25, -0.2) is 9.48 Å². The van der Waals surface area contributed by atoms with Crippen LogP contribution in [0.15, 0.2) is 15.7 Å². The Hall–Kier alpha value is -2.64. The number of aromatic nitrogens is 4. The van der Waals surface area contributed by atoms with Crippen LogP contribution < -0.4 is 16.6 Å². The third-order valence-corrected chi connectivity index (χ3v) is 2.73. The average molecular weight is 263 g/mol. The number of rotatable bonds is 2. The summed E-state index contributed by atoms with van der Waals surface area (Å²) in [5.74, 6) is -0.795. The van der Waals surface area contributed by atoms with E-state index in [0.29, 0.717) is 0 Å². The smallest absolute Gasteiger partial charge is 0.324 e. The summed E-state index contributed by atoms with van der Waals surface area (Å²) in [6.45, 7) is 3.57. The molecular weight excluding hydrogens is 250 g/mol. The highest BCUT2D eigenvalue weighted by molar-refractivity contribution is 6.01. The van der Waals surface area contributed by atoms with Crippen molar-refractivity contribution in [2.45, 2.75) is 13.8 Å². The number of hydrogen-bond donors (Lipinski definition) is 3. The lowest BCUT2D eigenvalue weighted by atomic mass is 10.2. The Balaban J connectivity index is 2.31. The predicted molar refractivity (Wildman–Crippen MR) is 68.3 cm³/mol. The molecule has 3 N–H and O–H groups in total. The number of nitrogens with one attached hydrogen (secondary N) is 3. The minimum atomic E-state index is -0.647. The Morgan fingerprint density at radius 2 is 2.00 bits per heavy atom. The standard InChI is InChI=1S/C11H13N5O3/c1-5-4-7(9(17)12-6(5)2)13-10(18)8-14-11(19)16(3)15-8/h4H,1-3H3,(H,12,17)(H,13,18)(H,14,15,19). The molecular formula is C11H13N5O3. The molecule has 0 aliphatic heterocycles. The average Bonchev–Trinajstić information content (AvgIpc) is 2.67. The summed E-state index contributed by atoms with van der Waals surface area (Å²) in [5, 5.41) is 6.11. The van der Waals surface area contributed by atoms with Crippen LogP contribution in [0.5, 0.6) is 0 Å². The van der Waals surface area contributed by atoms with Gasteiger partial charge in [-0.15, -0.1) is 5.10 Å². The van der Waals surface area contributed by atoms with Gasteiger partial charge in [-0.3, -0.25) is 14.6 Å². The minimum Gasteiger partial charge on any atom is -0.324 e. The van der Waals surface area contributed by atoms with Crippen LogP contribution in [0.4, 0.5) is 5.69 Å². The quantitative estimate of drug-likeness (QED) is 0.688. The lowest BCUT2D eigenvalue weighted by Crippen LogP contribution is -2.22. The van der Waals surface area contributed by atoms with Crippen LogP contribution in [-0.2, 0) is 7.05 Å². The number of amides is 1. The molecule has 0 unspecified atom stereocenters. The fraction of sp³-hybridized carbons (Fsp3) is 0.273. The van der Waals surface area contributed by atoms with Crippen molar-refractivity contribution >= 4 is 11.6 Å². The number of pyridine rings is 1. The lowest BCUT2D eigenvalue weighted by molar-refractivity contribution is 0.101. The van der Waals surface area contributed by atoms with E-state index in [-0.39, 0.29) is 11.5 Å². The molecule has 0 atom stereocenters. The van der Waals surface area contributed by atoms with Gasteiger partial charge in [0.15, 0.2) is 0 Å². The van der Waals surface area contributed by atoms with Gasteiger partial charge in [0, 0.05) is 12.7 Å². The number of carbonyl (C=O) groups is 1. The van der Waals surface area contributed by atoms with Gasteiger partial charge in [-0.2, -0.15) is 0 Å². The highest BCUT2D eigenvalue weighted by atomic mass is 16.2. The Kier molecular flexibility index (Phi) is 3.07. The van der Waals surface area contributed by atoms with Crippen LogP contribution in [0, 0.1) is 13.8 Å². The van der Waals surface area contributed by atoms with E-state index in [9.17, 15) is 14.4 Å². The van der Waals surface area contributed by atoms with Crippen molar-refractivity contribution in [3.05, 3.63) is 44.0 Å². The highest BCUT2D eigenvalue weighted by Crippen LogP contribution is 2.07. The highest BCUT2D eigenvalue weighted by Gasteiger charge is 2.14. The molecule has 0 aromatic carbocycles. The molecule has 0 aliphatic rings. The molecule has 0 saturated heterocycles. The SMILES string of the molecule is Cc1cc(NC(=O)c2nn(C)c(=O)[nH]2)c(=O)[nH]c1C. The predicted octanol–water partition coefficient (Wildman–Crippen LogP) is -0.334. The van der Waals surface area contributed by atoms with Gasteiger partial charge >= 0.3 is 5.69 Å². The number of nitrogens with zero attached hydrogens (tertiary/aromatic N) is 2. The van der Waals surface area contributed by atoms with E-state index in [1.54, 1.807) is 13.0 Å².